The number of aromatic nitrogens is 1. The van der Waals surface area contributed by atoms with E-state index in [1.807, 2.05) is 0 Å². The fraction of sp³-hybridized carbons (Fsp3) is 0. The van der Waals surface area contributed by atoms with Crippen molar-refractivity contribution in [1.82, 2.24) is 4.57 Å². The normalized spacial score (nSPS) is 11.3. The molecule has 1 heterocycles. The van der Waals surface area contributed by atoms with Crippen LogP contribution in [0.2, 0.25) is 0 Å². The summed E-state index contributed by atoms with van der Waals surface area (Å²) in [5.74, 6) is 0. The first-order chi connectivity index (χ1) is 26.8. The second-order valence-electron chi connectivity index (χ2n) is 13.8. The molecule has 0 aliphatic rings. The van der Waals surface area contributed by atoms with E-state index < -0.39 is 0 Å². The monoisotopic (exact) mass is 688 g/mol. The molecule has 0 radical (unpaired) electrons. The molecule has 0 atom stereocenters. The molecule has 9 aromatic carbocycles. The van der Waals surface area contributed by atoms with Gasteiger partial charge in [0.15, 0.2) is 0 Å². The van der Waals surface area contributed by atoms with E-state index in [0.717, 1.165) is 22.7 Å². The van der Waals surface area contributed by atoms with Gasteiger partial charge in [0.1, 0.15) is 0 Å². The molecule has 54 heavy (non-hydrogen) atoms. The Labute approximate surface area is 315 Å². The van der Waals surface area contributed by atoms with Crippen LogP contribution in [0.25, 0.3) is 71.6 Å². The van der Waals surface area contributed by atoms with Crippen molar-refractivity contribution in [3.63, 3.8) is 0 Å². The molecule has 1 aromatic heterocycles. The molecule has 0 N–H and O–H groups in total. The van der Waals surface area contributed by atoms with Crippen LogP contribution in [0, 0.1) is 0 Å². The molecule has 10 aromatic rings. The number of fused-ring (bicyclic) bond motifs is 4. The van der Waals surface area contributed by atoms with Gasteiger partial charge < -0.3 is 9.47 Å². The zero-order valence-electron chi connectivity index (χ0n) is 29.7. The third-order valence-electron chi connectivity index (χ3n) is 10.6. The van der Waals surface area contributed by atoms with Crippen LogP contribution in [0.4, 0.5) is 17.1 Å². The maximum Gasteiger partial charge on any atom is 0.0541 e. The van der Waals surface area contributed by atoms with Gasteiger partial charge in [-0.2, -0.15) is 0 Å². The lowest BCUT2D eigenvalue weighted by Gasteiger charge is -2.26. The van der Waals surface area contributed by atoms with Crippen molar-refractivity contribution in [2.75, 3.05) is 4.90 Å². The number of rotatable bonds is 7. The molecule has 0 saturated carbocycles. The second-order valence-corrected chi connectivity index (χ2v) is 13.8. The maximum absolute atomic E-state index is 2.36. The van der Waals surface area contributed by atoms with Gasteiger partial charge in [-0.15, -0.1) is 0 Å². The number of hydrogen-bond acceptors (Lipinski definition) is 1. The topological polar surface area (TPSA) is 8.17 Å². The summed E-state index contributed by atoms with van der Waals surface area (Å²) in [6.45, 7) is 0. The summed E-state index contributed by atoms with van der Waals surface area (Å²) >= 11 is 0. The molecule has 0 amide bonds. The van der Waals surface area contributed by atoms with Crippen molar-refractivity contribution in [2.24, 2.45) is 0 Å². The van der Waals surface area contributed by atoms with E-state index in [9.17, 15) is 0 Å². The number of nitrogens with zero attached hydrogens (tertiary/aromatic N) is 2. The summed E-state index contributed by atoms with van der Waals surface area (Å²) in [5.41, 5.74) is 14.2. The van der Waals surface area contributed by atoms with Gasteiger partial charge in [0.25, 0.3) is 0 Å². The average Bonchev–Trinajstić information content (AvgIpc) is 3.59. The third kappa shape index (κ3) is 5.62. The molecule has 0 aliphatic carbocycles. The standard InChI is InChI=1S/C52H36N2/c1-3-13-37(14-4-1)42-35-41-15-7-8-18-47(41)50(36-42)40-27-33-45(34-28-40)53(43-16-5-2-6-17-43)44-29-23-38(24-30-44)39-25-31-46(32-26-39)54-51-21-11-9-19-48(51)49-20-10-12-22-52(49)54/h1-36H. The van der Waals surface area contributed by atoms with Gasteiger partial charge in [-0.3, -0.25) is 0 Å². The van der Waals surface area contributed by atoms with Crippen molar-refractivity contribution in [2.45, 2.75) is 0 Å². The number of para-hydroxylation sites is 3. The quantitative estimate of drug-likeness (QED) is 0.162. The summed E-state index contributed by atoms with van der Waals surface area (Å²) in [6.07, 6.45) is 0. The molecule has 0 fully saturated rings. The largest absolute Gasteiger partial charge is 0.311 e. The van der Waals surface area contributed by atoms with Gasteiger partial charge in [-0.25, -0.2) is 0 Å². The highest BCUT2D eigenvalue weighted by Crippen LogP contribution is 2.39. The van der Waals surface area contributed by atoms with Crippen molar-refractivity contribution in [3.05, 3.63) is 218 Å². The van der Waals surface area contributed by atoms with Crippen molar-refractivity contribution >= 4 is 49.6 Å². The van der Waals surface area contributed by atoms with Gasteiger partial charge in [0.2, 0.25) is 0 Å². The van der Waals surface area contributed by atoms with Crippen LogP contribution in [-0.4, -0.2) is 4.57 Å². The highest BCUT2D eigenvalue weighted by Gasteiger charge is 2.15. The van der Waals surface area contributed by atoms with Crippen LogP contribution < -0.4 is 4.90 Å². The lowest BCUT2D eigenvalue weighted by Crippen LogP contribution is -2.09. The van der Waals surface area contributed by atoms with Crippen LogP contribution in [-0.2, 0) is 0 Å². The molecule has 0 unspecified atom stereocenters. The van der Waals surface area contributed by atoms with E-state index in [0.29, 0.717) is 0 Å². The van der Waals surface area contributed by atoms with Gasteiger partial charge >= 0.3 is 0 Å². The smallest absolute Gasteiger partial charge is 0.0541 e. The number of hydrogen-bond donors (Lipinski definition) is 0. The molecule has 10 rings (SSSR count). The minimum atomic E-state index is 1.11. The van der Waals surface area contributed by atoms with E-state index >= 15 is 0 Å². The first kappa shape index (κ1) is 31.6. The summed E-state index contributed by atoms with van der Waals surface area (Å²) in [5, 5.41) is 5.04. The lowest BCUT2D eigenvalue weighted by molar-refractivity contribution is 1.18. The molecule has 0 bridgehead atoms. The van der Waals surface area contributed by atoms with Crippen LogP contribution in [0.15, 0.2) is 218 Å². The average molecular weight is 689 g/mol. The maximum atomic E-state index is 2.36. The molecule has 0 saturated heterocycles. The molecule has 254 valence electrons. The van der Waals surface area contributed by atoms with Crippen LogP contribution in [0.1, 0.15) is 0 Å². The molecule has 2 heteroatoms. The Morgan fingerprint density at radius 3 is 1.35 bits per heavy atom. The minimum Gasteiger partial charge on any atom is -0.311 e. The highest BCUT2D eigenvalue weighted by atomic mass is 15.1. The summed E-state index contributed by atoms with van der Waals surface area (Å²) in [4.78, 5) is 2.33. The highest BCUT2D eigenvalue weighted by molar-refractivity contribution is 6.09. The molecule has 0 aliphatic heterocycles. The van der Waals surface area contributed by atoms with Crippen LogP contribution in [0.3, 0.4) is 0 Å². The Morgan fingerprint density at radius 1 is 0.296 bits per heavy atom. The number of benzene rings is 9. The predicted octanol–water partition coefficient (Wildman–Crippen LogP) is 14.4. The first-order valence-corrected chi connectivity index (χ1v) is 18.5. The lowest BCUT2D eigenvalue weighted by atomic mass is 9.93. The van der Waals surface area contributed by atoms with E-state index in [1.54, 1.807) is 0 Å². The Morgan fingerprint density at radius 2 is 0.741 bits per heavy atom. The zero-order valence-corrected chi connectivity index (χ0v) is 29.7. The van der Waals surface area contributed by atoms with Crippen molar-refractivity contribution in [3.8, 4) is 39.1 Å². The Hall–Kier alpha value is -7.16. The van der Waals surface area contributed by atoms with E-state index in [2.05, 4.69) is 228 Å². The Balaban J connectivity index is 0.982. The molecular weight excluding hydrogens is 653 g/mol. The molecule has 2 nitrogen and oxygen atoms in total. The van der Waals surface area contributed by atoms with Crippen LogP contribution in [0.5, 0.6) is 0 Å². The fourth-order valence-corrected chi connectivity index (χ4v) is 7.97. The Kier molecular flexibility index (Phi) is 7.85. The van der Waals surface area contributed by atoms with Gasteiger partial charge in [0.05, 0.1) is 11.0 Å². The molecule has 0 spiro atoms. The van der Waals surface area contributed by atoms with Crippen molar-refractivity contribution in [1.29, 1.82) is 0 Å². The Bertz CT molecular complexity index is 2830. The predicted molar refractivity (Wildman–Crippen MR) is 229 cm³/mol. The van der Waals surface area contributed by atoms with Gasteiger partial charge in [0, 0.05) is 33.5 Å². The van der Waals surface area contributed by atoms with Gasteiger partial charge in [-0.1, -0.05) is 146 Å². The second kappa shape index (κ2) is 13.4. The summed E-state index contributed by atoms with van der Waals surface area (Å²) in [6, 6.07) is 78.8. The van der Waals surface area contributed by atoms with E-state index in [1.165, 1.54) is 66.0 Å². The number of anilines is 3. The molecular formula is C52H36N2. The first-order valence-electron chi connectivity index (χ1n) is 18.5. The zero-order chi connectivity index (χ0) is 35.8. The van der Waals surface area contributed by atoms with Crippen molar-refractivity contribution < 1.29 is 0 Å². The summed E-state index contributed by atoms with van der Waals surface area (Å²) in [7, 11) is 0. The van der Waals surface area contributed by atoms with Gasteiger partial charge in [-0.05, 0) is 117 Å². The van der Waals surface area contributed by atoms with Crippen LogP contribution >= 0.6 is 0 Å². The summed E-state index contributed by atoms with van der Waals surface area (Å²) < 4.78 is 2.36. The SMILES string of the molecule is c1ccc(-c2cc(-c3ccc(N(c4ccccc4)c4ccc(-c5ccc(-n6c7ccccc7c7ccccc76)cc5)cc4)cc3)c3ccccc3c2)cc1. The van der Waals surface area contributed by atoms with E-state index in [4.69, 9.17) is 0 Å². The fourth-order valence-electron chi connectivity index (χ4n) is 7.97. The third-order valence-corrected chi connectivity index (χ3v) is 10.6. The minimum absolute atomic E-state index is 1.11. The van der Waals surface area contributed by atoms with E-state index in [-0.39, 0.29) is 0 Å².